The van der Waals surface area contributed by atoms with Crippen LogP contribution in [0, 0.1) is 0 Å². The minimum absolute atomic E-state index is 0.117. The van der Waals surface area contributed by atoms with Crippen LogP contribution < -0.4 is 9.80 Å². The lowest BCUT2D eigenvalue weighted by Crippen LogP contribution is -2.49. The van der Waals surface area contributed by atoms with Crippen molar-refractivity contribution in [2.75, 3.05) is 62.3 Å². The lowest BCUT2D eigenvalue weighted by molar-refractivity contribution is -0.132. The predicted molar refractivity (Wildman–Crippen MR) is 114 cm³/mol. The second-order valence-electron chi connectivity index (χ2n) is 7.58. The SMILES string of the molecule is O=C(Cn1cnc2ccccc21)N1CCN(c2ccc(N3CCOCC3)nn2)CC1. The maximum absolute atomic E-state index is 12.8. The summed E-state index contributed by atoms with van der Waals surface area (Å²) >= 11 is 0. The van der Waals surface area contributed by atoms with Gasteiger partial charge in [-0.15, -0.1) is 10.2 Å². The third-order valence-electron chi connectivity index (χ3n) is 5.76. The van der Waals surface area contributed by atoms with Gasteiger partial charge in [-0.1, -0.05) is 12.1 Å². The molecule has 0 radical (unpaired) electrons. The van der Waals surface area contributed by atoms with Crippen LogP contribution in [0.15, 0.2) is 42.7 Å². The maximum atomic E-state index is 12.8. The van der Waals surface area contributed by atoms with Crippen molar-refractivity contribution in [2.24, 2.45) is 0 Å². The predicted octanol–water partition coefficient (Wildman–Crippen LogP) is 1.01. The fraction of sp³-hybridized carbons (Fsp3) is 0.429. The number of morpholine rings is 1. The van der Waals surface area contributed by atoms with Gasteiger partial charge in [-0.3, -0.25) is 4.79 Å². The highest BCUT2D eigenvalue weighted by Crippen LogP contribution is 2.18. The lowest BCUT2D eigenvalue weighted by Gasteiger charge is -2.35. The molecule has 0 N–H and O–H groups in total. The van der Waals surface area contributed by atoms with Crippen LogP contribution in [0.4, 0.5) is 11.6 Å². The fourth-order valence-corrected chi connectivity index (χ4v) is 4.01. The lowest BCUT2D eigenvalue weighted by atomic mass is 10.3. The minimum atomic E-state index is 0.117. The molecule has 2 aliphatic heterocycles. The number of aromatic nitrogens is 4. The van der Waals surface area contributed by atoms with Crippen molar-refractivity contribution in [3.8, 4) is 0 Å². The first-order valence-electron chi connectivity index (χ1n) is 10.4. The number of hydrogen-bond acceptors (Lipinski definition) is 7. The normalized spacial score (nSPS) is 17.5. The van der Waals surface area contributed by atoms with Gasteiger partial charge in [0, 0.05) is 39.3 Å². The average Bonchev–Trinajstić information content (AvgIpc) is 3.23. The van der Waals surface area contributed by atoms with Crippen molar-refractivity contribution < 1.29 is 9.53 Å². The number of ether oxygens (including phenoxy) is 1. The molecule has 5 rings (SSSR count). The van der Waals surface area contributed by atoms with Crippen LogP contribution in [-0.2, 0) is 16.1 Å². The van der Waals surface area contributed by atoms with Crippen molar-refractivity contribution in [3.63, 3.8) is 0 Å². The maximum Gasteiger partial charge on any atom is 0.242 e. The van der Waals surface area contributed by atoms with Crippen LogP contribution in [0.2, 0.25) is 0 Å². The molecule has 4 heterocycles. The highest BCUT2D eigenvalue weighted by Gasteiger charge is 2.23. The number of anilines is 2. The summed E-state index contributed by atoms with van der Waals surface area (Å²) in [4.78, 5) is 23.5. The van der Waals surface area contributed by atoms with Crippen molar-refractivity contribution in [1.82, 2.24) is 24.6 Å². The van der Waals surface area contributed by atoms with E-state index in [4.69, 9.17) is 4.74 Å². The molecule has 2 fully saturated rings. The topological polar surface area (TPSA) is 79.6 Å². The number of imidazole rings is 1. The zero-order chi connectivity index (χ0) is 20.3. The monoisotopic (exact) mass is 407 g/mol. The third kappa shape index (κ3) is 3.80. The van der Waals surface area contributed by atoms with Gasteiger partial charge in [-0.05, 0) is 24.3 Å². The first kappa shape index (κ1) is 18.8. The molecule has 0 saturated carbocycles. The Morgan fingerprint density at radius 3 is 2.23 bits per heavy atom. The number of para-hydroxylation sites is 2. The van der Waals surface area contributed by atoms with Crippen LogP contribution in [0.25, 0.3) is 11.0 Å². The molecule has 30 heavy (non-hydrogen) atoms. The Labute approximate surface area is 174 Å². The molecule has 0 atom stereocenters. The molecule has 1 aromatic carbocycles. The number of amides is 1. The number of benzene rings is 1. The Kier molecular flexibility index (Phi) is 5.18. The molecule has 2 aromatic heterocycles. The molecule has 9 nitrogen and oxygen atoms in total. The molecule has 3 aromatic rings. The summed E-state index contributed by atoms with van der Waals surface area (Å²) < 4.78 is 7.30. The summed E-state index contributed by atoms with van der Waals surface area (Å²) in [6.07, 6.45) is 1.74. The van der Waals surface area contributed by atoms with Gasteiger partial charge in [0.05, 0.1) is 30.6 Å². The summed E-state index contributed by atoms with van der Waals surface area (Å²) in [5.74, 6) is 1.87. The number of nitrogens with zero attached hydrogens (tertiary/aromatic N) is 7. The number of carbonyl (C=O) groups is 1. The zero-order valence-corrected chi connectivity index (χ0v) is 16.9. The largest absolute Gasteiger partial charge is 0.378 e. The number of carbonyl (C=O) groups excluding carboxylic acids is 1. The zero-order valence-electron chi connectivity index (χ0n) is 16.9. The van der Waals surface area contributed by atoms with Gasteiger partial charge in [0.25, 0.3) is 0 Å². The number of fused-ring (bicyclic) bond motifs is 1. The molecule has 156 valence electrons. The van der Waals surface area contributed by atoms with E-state index in [0.717, 1.165) is 62.1 Å². The second-order valence-corrected chi connectivity index (χ2v) is 7.58. The molecular formula is C21H25N7O2. The van der Waals surface area contributed by atoms with Crippen LogP contribution in [-0.4, -0.2) is 83.0 Å². The summed E-state index contributed by atoms with van der Waals surface area (Å²) in [5.41, 5.74) is 1.90. The van der Waals surface area contributed by atoms with Crippen LogP contribution >= 0.6 is 0 Å². The molecule has 0 aliphatic carbocycles. The molecule has 0 unspecified atom stereocenters. The van der Waals surface area contributed by atoms with Gasteiger partial charge in [0.2, 0.25) is 5.91 Å². The van der Waals surface area contributed by atoms with Crippen LogP contribution in [0.1, 0.15) is 0 Å². The summed E-state index contributed by atoms with van der Waals surface area (Å²) in [7, 11) is 0. The van der Waals surface area contributed by atoms with Gasteiger partial charge in [0.1, 0.15) is 6.54 Å². The average molecular weight is 407 g/mol. The van der Waals surface area contributed by atoms with E-state index in [1.165, 1.54) is 0 Å². The molecule has 2 saturated heterocycles. The standard InChI is InChI=1S/C21H25N7O2/c29-21(15-28-16-22-17-3-1-2-4-18(17)28)27-9-7-25(8-10-27)19-5-6-20(24-23-19)26-11-13-30-14-12-26/h1-6,16H,7-15H2. The summed E-state index contributed by atoms with van der Waals surface area (Å²) in [5, 5.41) is 8.82. The van der Waals surface area contributed by atoms with E-state index in [1.54, 1.807) is 6.33 Å². The van der Waals surface area contributed by atoms with Crippen molar-refractivity contribution in [2.45, 2.75) is 6.54 Å². The van der Waals surface area contributed by atoms with Gasteiger partial charge >= 0.3 is 0 Å². The second kappa shape index (κ2) is 8.27. The highest BCUT2D eigenvalue weighted by atomic mass is 16.5. The van der Waals surface area contributed by atoms with Gasteiger partial charge in [0.15, 0.2) is 11.6 Å². The molecule has 9 heteroatoms. The Balaban J connectivity index is 1.17. The van der Waals surface area contributed by atoms with E-state index >= 15 is 0 Å². The Morgan fingerprint density at radius 1 is 0.867 bits per heavy atom. The number of hydrogen-bond donors (Lipinski definition) is 0. The van der Waals surface area contributed by atoms with Gasteiger partial charge in [-0.25, -0.2) is 4.98 Å². The van der Waals surface area contributed by atoms with Gasteiger partial charge < -0.3 is 24.0 Å². The van der Waals surface area contributed by atoms with Crippen LogP contribution in [0.3, 0.4) is 0 Å². The number of piperazine rings is 1. The summed E-state index contributed by atoms with van der Waals surface area (Å²) in [6.45, 7) is 6.33. The minimum Gasteiger partial charge on any atom is -0.378 e. The molecule has 1 amide bonds. The fourth-order valence-electron chi connectivity index (χ4n) is 4.01. The molecular weight excluding hydrogens is 382 g/mol. The van der Waals surface area contributed by atoms with E-state index in [2.05, 4.69) is 25.0 Å². The van der Waals surface area contributed by atoms with Crippen molar-refractivity contribution in [1.29, 1.82) is 0 Å². The Bertz CT molecular complexity index is 1010. The Hall–Kier alpha value is -3.20. The van der Waals surface area contributed by atoms with Gasteiger partial charge in [-0.2, -0.15) is 0 Å². The highest BCUT2D eigenvalue weighted by molar-refractivity contribution is 5.80. The third-order valence-corrected chi connectivity index (χ3v) is 5.76. The smallest absolute Gasteiger partial charge is 0.242 e. The number of rotatable bonds is 4. The van der Waals surface area contributed by atoms with E-state index in [0.29, 0.717) is 19.6 Å². The first-order valence-corrected chi connectivity index (χ1v) is 10.4. The van der Waals surface area contributed by atoms with Crippen molar-refractivity contribution in [3.05, 3.63) is 42.7 Å². The van der Waals surface area contributed by atoms with Crippen molar-refractivity contribution >= 4 is 28.6 Å². The molecule has 2 aliphatic rings. The summed E-state index contributed by atoms with van der Waals surface area (Å²) in [6, 6.07) is 11.9. The van der Waals surface area contributed by atoms with E-state index in [1.807, 2.05) is 45.9 Å². The first-order chi connectivity index (χ1) is 14.8. The van der Waals surface area contributed by atoms with Crippen LogP contribution in [0.5, 0.6) is 0 Å². The molecule has 0 bridgehead atoms. The van der Waals surface area contributed by atoms with E-state index in [-0.39, 0.29) is 5.91 Å². The molecule has 0 spiro atoms. The Morgan fingerprint density at radius 2 is 1.53 bits per heavy atom. The quantitative estimate of drug-likeness (QED) is 0.639. The van der Waals surface area contributed by atoms with E-state index < -0.39 is 0 Å². The van der Waals surface area contributed by atoms with E-state index in [9.17, 15) is 4.79 Å².